The molecule has 30 heavy (non-hydrogen) atoms. The molecule has 2 N–H and O–H groups in total. The molecule has 0 atom stereocenters. The number of nitrogens with zero attached hydrogens (tertiary/aromatic N) is 4. The van der Waals surface area contributed by atoms with Crippen molar-refractivity contribution in [3.8, 4) is 16.4 Å². The molecule has 3 aromatic heterocycles. The lowest BCUT2D eigenvalue weighted by Gasteiger charge is -2.07. The van der Waals surface area contributed by atoms with Crippen LogP contribution in [0.3, 0.4) is 0 Å². The van der Waals surface area contributed by atoms with E-state index in [4.69, 9.17) is 12.2 Å². The summed E-state index contributed by atoms with van der Waals surface area (Å²) in [6.07, 6.45) is 0.158. The van der Waals surface area contributed by atoms with Crippen molar-refractivity contribution in [3.05, 3.63) is 68.7 Å². The van der Waals surface area contributed by atoms with Gasteiger partial charge in [0.25, 0.3) is 5.56 Å². The zero-order valence-corrected chi connectivity index (χ0v) is 18.1. The number of hydrogen-bond donors (Lipinski definition) is 2. The van der Waals surface area contributed by atoms with E-state index in [9.17, 15) is 9.59 Å². The number of hydrogen-bond acceptors (Lipinski definition) is 5. The number of benzene rings is 1. The van der Waals surface area contributed by atoms with Gasteiger partial charge in [0.15, 0.2) is 10.6 Å². The van der Waals surface area contributed by atoms with Crippen molar-refractivity contribution < 1.29 is 4.79 Å². The van der Waals surface area contributed by atoms with Gasteiger partial charge in [-0.2, -0.15) is 5.10 Å². The van der Waals surface area contributed by atoms with Crippen molar-refractivity contribution in [2.24, 2.45) is 7.05 Å². The number of H-pyrrole nitrogens is 1. The molecule has 0 spiro atoms. The van der Waals surface area contributed by atoms with E-state index >= 15 is 0 Å². The van der Waals surface area contributed by atoms with Crippen LogP contribution in [0.15, 0.2) is 52.6 Å². The monoisotopic (exact) mass is 440 g/mol. The van der Waals surface area contributed by atoms with Gasteiger partial charge in [0.2, 0.25) is 5.91 Å². The summed E-state index contributed by atoms with van der Waals surface area (Å²) in [5.74, 6) is 0.436. The number of nitrogens with one attached hydrogen (secondary N) is 2. The van der Waals surface area contributed by atoms with Crippen molar-refractivity contribution in [2.45, 2.75) is 19.9 Å². The second-order valence-electron chi connectivity index (χ2n) is 6.72. The maximum atomic E-state index is 12.9. The normalized spacial score (nSPS) is 11.0. The number of carbonyl (C=O) groups is 1. The summed E-state index contributed by atoms with van der Waals surface area (Å²) in [6, 6.07) is 13.2. The summed E-state index contributed by atoms with van der Waals surface area (Å²) in [5.41, 5.74) is 1.42. The maximum absolute atomic E-state index is 12.9. The third-order valence-corrected chi connectivity index (χ3v) is 6.06. The minimum absolute atomic E-state index is 0.158. The zero-order valence-electron chi connectivity index (χ0n) is 16.5. The Labute approximate surface area is 181 Å². The third kappa shape index (κ3) is 3.66. The highest BCUT2D eigenvalue weighted by Crippen LogP contribution is 2.23. The molecule has 10 heteroatoms. The Kier molecular flexibility index (Phi) is 5.51. The number of para-hydroxylation sites is 1. The van der Waals surface area contributed by atoms with Crippen molar-refractivity contribution in [1.29, 1.82) is 0 Å². The molecule has 1 aromatic carbocycles. The standard InChI is InChI=1S/C20H20N6O2S2/c1-13-17(19(28)26(24(13)2)14-7-4-3-5-8-14)21-16(27)10-11-25-18(22-23-20(25)29)15-9-6-12-30-15/h3-9,12H,10-11H2,1-2H3,(H,21,27)(H,23,29). The molecular formula is C20H20N6O2S2. The Morgan fingerprint density at radius 1 is 1.23 bits per heavy atom. The first kappa shape index (κ1) is 20.0. The van der Waals surface area contributed by atoms with Gasteiger partial charge in [-0.1, -0.05) is 24.3 Å². The van der Waals surface area contributed by atoms with Crippen molar-refractivity contribution in [2.75, 3.05) is 5.32 Å². The van der Waals surface area contributed by atoms with Crippen molar-refractivity contribution in [1.82, 2.24) is 24.1 Å². The number of aromatic amines is 1. The highest BCUT2D eigenvalue weighted by atomic mass is 32.1. The van der Waals surface area contributed by atoms with E-state index in [1.165, 1.54) is 4.68 Å². The van der Waals surface area contributed by atoms with Gasteiger partial charge >= 0.3 is 0 Å². The van der Waals surface area contributed by atoms with E-state index in [0.29, 0.717) is 22.8 Å². The van der Waals surface area contributed by atoms with Crippen LogP contribution in [0.5, 0.6) is 0 Å². The summed E-state index contributed by atoms with van der Waals surface area (Å²) < 4.78 is 5.51. The molecule has 1 amide bonds. The molecule has 0 aliphatic rings. The van der Waals surface area contributed by atoms with E-state index < -0.39 is 0 Å². The molecular weight excluding hydrogens is 420 g/mol. The van der Waals surface area contributed by atoms with Gasteiger partial charge in [0.1, 0.15) is 5.69 Å². The van der Waals surface area contributed by atoms with Crippen LogP contribution in [-0.4, -0.2) is 30.0 Å². The number of aromatic nitrogens is 5. The molecule has 154 valence electrons. The van der Waals surface area contributed by atoms with Crippen LogP contribution in [0.25, 0.3) is 16.4 Å². The van der Waals surface area contributed by atoms with Gasteiger partial charge in [-0.3, -0.25) is 23.9 Å². The molecule has 4 aromatic rings. The van der Waals surface area contributed by atoms with Crippen molar-refractivity contribution in [3.63, 3.8) is 0 Å². The van der Waals surface area contributed by atoms with E-state index in [0.717, 1.165) is 10.6 Å². The van der Waals surface area contributed by atoms with Gasteiger partial charge in [-0.15, -0.1) is 11.3 Å². The fraction of sp³-hybridized carbons (Fsp3) is 0.200. The van der Waals surface area contributed by atoms with E-state index in [2.05, 4.69) is 15.5 Å². The topological polar surface area (TPSA) is 89.6 Å². The van der Waals surface area contributed by atoms with E-state index in [1.807, 2.05) is 47.8 Å². The minimum atomic E-state index is -0.270. The van der Waals surface area contributed by atoms with Crippen LogP contribution in [0, 0.1) is 11.7 Å². The Balaban J connectivity index is 1.53. The van der Waals surface area contributed by atoms with Crippen LogP contribution < -0.4 is 10.9 Å². The summed E-state index contributed by atoms with van der Waals surface area (Å²) in [7, 11) is 1.79. The molecule has 0 saturated carbocycles. The summed E-state index contributed by atoms with van der Waals surface area (Å²) >= 11 is 6.86. The molecule has 0 aliphatic carbocycles. The molecule has 0 saturated heterocycles. The number of carbonyl (C=O) groups excluding carboxylic acids is 1. The summed E-state index contributed by atoms with van der Waals surface area (Å²) in [5, 5.41) is 11.8. The smallest absolute Gasteiger partial charge is 0.295 e. The summed E-state index contributed by atoms with van der Waals surface area (Å²) in [6.45, 7) is 2.16. The molecule has 4 rings (SSSR count). The van der Waals surface area contributed by atoms with Crippen LogP contribution >= 0.6 is 23.6 Å². The molecule has 0 unspecified atom stereocenters. The number of thiophene rings is 1. The predicted molar refractivity (Wildman–Crippen MR) is 120 cm³/mol. The molecule has 8 nitrogen and oxygen atoms in total. The van der Waals surface area contributed by atoms with Gasteiger partial charge in [0, 0.05) is 20.0 Å². The molecule has 0 aliphatic heterocycles. The van der Waals surface area contributed by atoms with Crippen molar-refractivity contribution >= 4 is 35.1 Å². The molecule has 0 radical (unpaired) electrons. The van der Waals surface area contributed by atoms with Gasteiger partial charge < -0.3 is 5.32 Å². The average Bonchev–Trinajstić information content (AvgIpc) is 3.44. The number of rotatable bonds is 6. The number of amides is 1. The van der Waals surface area contributed by atoms with E-state index in [1.54, 1.807) is 34.6 Å². The summed E-state index contributed by atoms with van der Waals surface area (Å²) in [4.78, 5) is 26.5. The average molecular weight is 441 g/mol. The minimum Gasteiger partial charge on any atom is -0.320 e. The predicted octanol–water partition coefficient (Wildman–Crippen LogP) is 3.50. The second-order valence-corrected chi connectivity index (χ2v) is 8.05. The maximum Gasteiger partial charge on any atom is 0.295 e. The zero-order chi connectivity index (χ0) is 21.3. The lowest BCUT2D eigenvalue weighted by molar-refractivity contribution is -0.116. The van der Waals surface area contributed by atoms with Crippen LogP contribution in [0.1, 0.15) is 12.1 Å². The van der Waals surface area contributed by atoms with Gasteiger partial charge in [-0.25, -0.2) is 4.68 Å². The fourth-order valence-electron chi connectivity index (χ4n) is 3.25. The van der Waals surface area contributed by atoms with Gasteiger partial charge in [-0.05, 0) is 42.7 Å². The Bertz CT molecular complexity index is 1300. The van der Waals surface area contributed by atoms with E-state index in [-0.39, 0.29) is 23.6 Å². The first-order valence-electron chi connectivity index (χ1n) is 9.30. The first-order chi connectivity index (χ1) is 14.5. The molecule has 3 heterocycles. The van der Waals surface area contributed by atoms with Crippen LogP contribution in [0.2, 0.25) is 0 Å². The molecule has 0 fully saturated rings. The largest absolute Gasteiger partial charge is 0.320 e. The quantitative estimate of drug-likeness (QED) is 0.449. The Hall–Kier alpha value is -3.24. The second kappa shape index (κ2) is 8.25. The molecule has 0 bridgehead atoms. The fourth-order valence-corrected chi connectivity index (χ4v) is 4.19. The Morgan fingerprint density at radius 3 is 2.70 bits per heavy atom. The Morgan fingerprint density at radius 2 is 2.00 bits per heavy atom. The van der Waals surface area contributed by atoms with Gasteiger partial charge in [0.05, 0.1) is 16.3 Å². The SMILES string of the molecule is Cc1c(NC(=O)CCn2c(-c3cccs3)n[nH]c2=S)c(=O)n(-c2ccccc2)n1C. The lowest BCUT2D eigenvalue weighted by Crippen LogP contribution is -2.23. The number of anilines is 1. The first-order valence-corrected chi connectivity index (χ1v) is 10.6. The third-order valence-electron chi connectivity index (χ3n) is 4.88. The highest BCUT2D eigenvalue weighted by molar-refractivity contribution is 7.71. The van der Waals surface area contributed by atoms with Crippen LogP contribution in [-0.2, 0) is 18.4 Å². The van der Waals surface area contributed by atoms with Crippen LogP contribution in [0.4, 0.5) is 5.69 Å². The lowest BCUT2D eigenvalue weighted by atomic mass is 10.3. The highest BCUT2D eigenvalue weighted by Gasteiger charge is 2.18.